The standard InChI is InChI=1S/C12H23NO/c1-4-11-7-5-6-8-13(11)12(14)9-10(2)3/h10-11H,4-9H2,1-3H3. The van der Waals surface area contributed by atoms with Crippen LogP contribution in [0.1, 0.15) is 52.9 Å². The lowest BCUT2D eigenvalue weighted by molar-refractivity contribution is -0.135. The smallest absolute Gasteiger partial charge is 0.223 e. The van der Waals surface area contributed by atoms with Crippen molar-refractivity contribution >= 4 is 5.91 Å². The Kier molecular flexibility index (Phi) is 4.43. The SMILES string of the molecule is CCC1CCCCN1C(=O)CC(C)C. The highest BCUT2D eigenvalue weighted by molar-refractivity contribution is 5.76. The first-order chi connectivity index (χ1) is 6.65. The minimum atomic E-state index is 0.367. The predicted octanol–water partition coefficient (Wildman–Crippen LogP) is 2.82. The molecule has 1 aliphatic heterocycles. The minimum absolute atomic E-state index is 0.367. The second kappa shape index (κ2) is 5.38. The summed E-state index contributed by atoms with van der Waals surface area (Å²) in [5.41, 5.74) is 0. The quantitative estimate of drug-likeness (QED) is 0.681. The molecule has 1 heterocycles. The number of carbonyl (C=O) groups is 1. The van der Waals surface area contributed by atoms with E-state index in [9.17, 15) is 4.79 Å². The minimum Gasteiger partial charge on any atom is -0.340 e. The topological polar surface area (TPSA) is 20.3 Å². The average molecular weight is 197 g/mol. The van der Waals surface area contributed by atoms with Crippen LogP contribution in [0.2, 0.25) is 0 Å². The number of rotatable bonds is 3. The Morgan fingerprint density at radius 1 is 1.43 bits per heavy atom. The van der Waals surface area contributed by atoms with Crippen LogP contribution in [0.15, 0.2) is 0 Å². The van der Waals surface area contributed by atoms with Crippen LogP contribution < -0.4 is 0 Å². The van der Waals surface area contributed by atoms with Crippen molar-refractivity contribution in [1.29, 1.82) is 0 Å². The first-order valence-corrected chi connectivity index (χ1v) is 5.94. The summed E-state index contributed by atoms with van der Waals surface area (Å²) >= 11 is 0. The van der Waals surface area contributed by atoms with Gasteiger partial charge in [0.2, 0.25) is 5.91 Å². The van der Waals surface area contributed by atoms with E-state index in [2.05, 4.69) is 25.7 Å². The van der Waals surface area contributed by atoms with E-state index < -0.39 is 0 Å². The zero-order valence-corrected chi connectivity index (χ0v) is 9.75. The fourth-order valence-electron chi connectivity index (χ4n) is 2.22. The molecule has 1 rings (SSSR count). The van der Waals surface area contributed by atoms with E-state index in [-0.39, 0.29) is 0 Å². The van der Waals surface area contributed by atoms with E-state index in [1.54, 1.807) is 0 Å². The maximum Gasteiger partial charge on any atom is 0.223 e. The van der Waals surface area contributed by atoms with E-state index >= 15 is 0 Å². The molecule has 0 N–H and O–H groups in total. The van der Waals surface area contributed by atoms with Crippen LogP contribution in [0.5, 0.6) is 0 Å². The number of piperidine rings is 1. The molecule has 2 nitrogen and oxygen atoms in total. The number of hydrogen-bond acceptors (Lipinski definition) is 1. The van der Waals surface area contributed by atoms with Gasteiger partial charge in [0.1, 0.15) is 0 Å². The van der Waals surface area contributed by atoms with Gasteiger partial charge < -0.3 is 4.90 Å². The molecule has 2 heteroatoms. The Balaban J connectivity index is 2.50. The highest BCUT2D eigenvalue weighted by Crippen LogP contribution is 2.21. The predicted molar refractivity (Wildman–Crippen MR) is 59.1 cm³/mol. The lowest BCUT2D eigenvalue weighted by Gasteiger charge is -2.35. The van der Waals surface area contributed by atoms with Gasteiger partial charge in [0, 0.05) is 19.0 Å². The van der Waals surface area contributed by atoms with Gasteiger partial charge in [0.25, 0.3) is 0 Å². The number of hydrogen-bond donors (Lipinski definition) is 0. The summed E-state index contributed by atoms with van der Waals surface area (Å²) in [6.45, 7) is 7.40. The Hall–Kier alpha value is -0.530. The Bertz CT molecular complexity index is 189. The molecule has 1 atom stereocenters. The van der Waals surface area contributed by atoms with E-state index in [1.165, 1.54) is 19.3 Å². The van der Waals surface area contributed by atoms with Gasteiger partial charge in [-0.25, -0.2) is 0 Å². The first kappa shape index (κ1) is 11.5. The van der Waals surface area contributed by atoms with Crippen molar-refractivity contribution < 1.29 is 4.79 Å². The van der Waals surface area contributed by atoms with Crippen LogP contribution >= 0.6 is 0 Å². The van der Waals surface area contributed by atoms with Gasteiger partial charge in [-0.3, -0.25) is 4.79 Å². The van der Waals surface area contributed by atoms with Crippen molar-refractivity contribution in [2.24, 2.45) is 5.92 Å². The summed E-state index contributed by atoms with van der Waals surface area (Å²) in [5, 5.41) is 0. The maximum absolute atomic E-state index is 11.9. The van der Waals surface area contributed by atoms with Crippen LogP contribution in [0.4, 0.5) is 0 Å². The lowest BCUT2D eigenvalue weighted by atomic mass is 9.98. The zero-order valence-electron chi connectivity index (χ0n) is 9.75. The number of carbonyl (C=O) groups excluding carboxylic acids is 1. The first-order valence-electron chi connectivity index (χ1n) is 5.94. The number of amides is 1. The van der Waals surface area contributed by atoms with E-state index in [4.69, 9.17) is 0 Å². The largest absolute Gasteiger partial charge is 0.340 e. The molecular weight excluding hydrogens is 174 g/mol. The molecule has 1 saturated heterocycles. The van der Waals surface area contributed by atoms with E-state index in [0.717, 1.165) is 19.4 Å². The molecule has 1 unspecified atom stereocenters. The monoisotopic (exact) mass is 197 g/mol. The molecular formula is C12H23NO. The third-order valence-corrected chi connectivity index (χ3v) is 3.00. The highest BCUT2D eigenvalue weighted by atomic mass is 16.2. The van der Waals surface area contributed by atoms with Crippen molar-refractivity contribution in [2.75, 3.05) is 6.54 Å². The van der Waals surface area contributed by atoms with Crippen molar-refractivity contribution in [3.63, 3.8) is 0 Å². The van der Waals surface area contributed by atoms with Crippen molar-refractivity contribution in [3.05, 3.63) is 0 Å². The van der Waals surface area contributed by atoms with Crippen LogP contribution in [0.25, 0.3) is 0 Å². The number of nitrogens with zero attached hydrogens (tertiary/aromatic N) is 1. The van der Waals surface area contributed by atoms with Gasteiger partial charge in [-0.1, -0.05) is 20.8 Å². The highest BCUT2D eigenvalue weighted by Gasteiger charge is 2.25. The van der Waals surface area contributed by atoms with Crippen molar-refractivity contribution in [1.82, 2.24) is 4.90 Å². The van der Waals surface area contributed by atoms with Gasteiger partial charge in [0.15, 0.2) is 0 Å². The third kappa shape index (κ3) is 3.00. The van der Waals surface area contributed by atoms with E-state index in [1.807, 2.05) is 0 Å². The fourth-order valence-corrected chi connectivity index (χ4v) is 2.22. The van der Waals surface area contributed by atoms with Crippen LogP contribution in [0.3, 0.4) is 0 Å². The van der Waals surface area contributed by atoms with E-state index in [0.29, 0.717) is 17.9 Å². The second-order valence-corrected chi connectivity index (χ2v) is 4.74. The normalized spacial score (nSPS) is 22.9. The zero-order chi connectivity index (χ0) is 10.6. The molecule has 1 amide bonds. The van der Waals surface area contributed by atoms with Crippen molar-refractivity contribution in [3.8, 4) is 0 Å². The summed E-state index contributed by atoms with van der Waals surface area (Å²) in [4.78, 5) is 14.0. The molecule has 82 valence electrons. The molecule has 1 fully saturated rings. The summed E-state index contributed by atoms with van der Waals surface area (Å²) in [6.07, 6.45) is 5.53. The van der Waals surface area contributed by atoms with Gasteiger partial charge in [0.05, 0.1) is 0 Å². The number of likely N-dealkylation sites (tertiary alicyclic amines) is 1. The van der Waals surface area contributed by atoms with Crippen LogP contribution in [0, 0.1) is 5.92 Å². The van der Waals surface area contributed by atoms with Gasteiger partial charge in [-0.15, -0.1) is 0 Å². The Labute approximate surface area is 87.7 Å². The van der Waals surface area contributed by atoms with Crippen LogP contribution in [-0.4, -0.2) is 23.4 Å². The molecule has 0 aromatic rings. The fraction of sp³-hybridized carbons (Fsp3) is 0.917. The second-order valence-electron chi connectivity index (χ2n) is 4.74. The molecule has 0 aromatic carbocycles. The molecule has 0 aromatic heterocycles. The third-order valence-electron chi connectivity index (χ3n) is 3.00. The molecule has 0 bridgehead atoms. The summed E-state index contributed by atoms with van der Waals surface area (Å²) < 4.78 is 0. The summed E-state index contributed by atoms with van der Waals surface area (Å²) in [5.74, 6) is 0.855. The molecule has 0 spiro atoms. The van der Waals surface area contributed by atoms with Crippen molar-refractivity contribution in [2.45, 2.75) is 58.9 Å². The Morgan fingerprint density at radius 2 is 2.14 bits per heavy atom. The van der Waals surface area contributed by atoms with Crippen LogP contribution in [-0.2, 0) is 4.79 Å². The van der Waals surface area contributed by atoms with Gasteiger partial charge in [-0.05, 0) is 31.6 Å². The van der Waals surface area contributed by atoms with Gasteiger partial charge >= 0.3 is 0 Å². The molecule has 0 saturated carbocycles. The molecule has 1 aliphatic rings. The molecule has 0 radical (unpaired) electrons. The Morgan fingerprint density at radius 3 is 2.71 bits per heavy atom. The lowest BCUT2D eigenvalue weighted by Crippen LogP contribution is -2.43. The maximum atomic E-state index is 11.9. The van der Waals surface area contributed by atoms with Gasteiger partial charge in [-0.2, -0.15) is 0 Å². The summed E-state index contributed by atoms with van der Waals surface area (Å²) in [7, 11) is 0. The average Bonchev–Trinajstić information content (AvgIpc) is 2.16. The molecule has 14 heavy (non-hydrogen) atoms. The summed E-state index contributed by atoms with van der Waals surface area (Å²) in [6, 6.07) is 0.523. The molecule has 0 aliphatic carbocycles.